The van der Waals surface area contributed by atoms with E-state index in [0.29, 0.717) is 6.04 Å². The third-order valence-corrected chi connectivity index (χ3v) is 3.13. The first-order valence-corrected chi connectivity index (χ1v) is 6.32. The van der Waals surface area contributed by atoms with Gasteiger partial charge in [0.05, 0.1) is 0 Å². The second-order valence-corrected chi connectivity index (χ2v) is 4.21. The Morgan fingerprint density at radius 1 is 1.40 bits per heavy atom. The first-order valence-electron chi connectivity index (χ1n) is 6.32. The molecule has 0 radical (unpaired) electrons. The van der Waals surface area contributed by atoms with Crippen molar-refractivity contribution in [3.8, 4) is 0 Å². The number of ether oxygens (including phenoxy) is 1. The molecule has 15 heavy (non-hydrogen) atoms. The van der Waals surface area contributed by atoms with E-state index in [0.717, 1.165) is 19.6 Å². The van der Waals surface area contributed by atoms with Gasteiger partial charge < -0.3 is 10.1 Å². The van der Waals surface area contributed by atoms with Crippen molar-refractivity contribution in [1.82, 2.24) is 5.32 Å². The smallest absolute Gasteiger partial charge is 0.0483 e. The molecule has 0 aliphatic heterocycles. The Morgan fingerprint density at radius 2 is 2.27 bits per heavy atom. The van der Waals surface area contributed by atoms with Crippen LogP contribution in [0.5, 0.6) is 0 Å². The van der Waals surface area contributed by atoms with Gasteiger partial charge in [0.2, 0.25) is 0 Å². The quantitative estimate of drug-likeness (QED) is 0.539. The summed E-state index contributed by atoms with van der Waals surface area (Å²) in [7, 11) is 2.06. The summed E-state index contributed by atoms with van der Waals surface area (Å²) in [5.41, 5.74) is 1.61. The van der Waals surface area contributed by atoms with E-state index < -0.39 is 0 Å². The number of nitrogens with one attached hydrogen (secondary N) is 1. The molecule has 0 aromatic heterocycles. The van der Waals surface area contributed by atoms with Crippen LogP contribution in [0.1, 0.15) is 45.4 Å². The summed E-state index contributed by atoms with van der Waals surface area (Å²) < 4.78 is 5.42. The van der Waals surface area contributed by atoms with Crippen LogP contribution in [0.15, 0.2) is 11.6 Å². The van der Waals surface area contributed by atoms with Gasteiger partial charge in [-0.25, -0.2) is 0 Å². The van der Waals surface area contributed by atoms with Crippen LogP contribution in [0, 0.1) is 0 Å². The highest BCUT2D eigenvalue weighted by Crippen LogP contribution is 2.21. The summed E-state index contributed by atoms with van der Waals surface area (Å²) in [5, 5.41) is 3.41. The largest absolute Gasteiger partial charge is 0.382 e. The molecule has 88 valence electrons. The van der Waals surface area contributed by atoms with Crippen LogP contribution >= 0.6 is 0 Å². The average molecular weight is 211 g/mol. The molecule has 0 heterocycles. The monoisotopic (exact) mass is 211 g/mol. The van der Waals surface area contributed by atoms with Gasteiger partial charge in [-0.3, -0.25) is 0 Å². The molecule has 0 bridgehead atoms. The zero-order valence-electron chi connectivity index (χ0n) is 10.2. The van der Waals surface area contributed by atoms with Crippen LogP contribution < -0.4 is 5.32 Å². The molecular formula is C13H25NO. The Kier molecular flexibility index (Phi) is 6.69. The Labute approximate surface area is 94.1 Å². The molecule has 2 nitrogen and oxygen atoms in total. The minimum atomic E-state index is 0.537. The summed E-state index contributed by atoms with van der Waals surface area (Å²) >= 11 is 0. The van der Waals surface area contributed by atoms with Crippen LogP contribution in [-0.4, -0.2) is 26.3 Å². The lowest BCUT2D eigenvalue weighted by Gasteiger charge is -2.19. The van der Waals surface area contributed by atoms with Gasteiger partial charge in [-0.15, -0.1) is 0 Å². The Morgan fingerprint density at radius 3 is 3.00 bits per heavy atom. The lowest BCUT2D eigenvalue weighted by atomic mass is 10.00. The lowest BCUT2D eigenvalue weighted by molar-refractivity contribution is 0.139. The normalized spacial score (nSPS) is 19.5. The third-order valence-electron chi connectivity index (χ3n) is 3.13. The van der Waals surface area contributed by atoms with Gasteiger partial charge in [0.1, 0.15) is 0 Å². The van der Waals surface area contributed by atoms with Crippen molar-refractivity contribution in [1.29, 1.82) is 0 Å². The fraction of sp³-hybridized carbons (Fsp3) is 0.846. The highest BCUT2D eigenvalue weighted by atomic mass is 16.5. The molecule has 0 aromatic carbocycles. The first-order chi connectivity index (χ1) is 7.38. The predicted octanol–water partition coefficient (Wildman–Crippen LogP) is 2.89. The van der Waals surface area contributed by atoms with Crippen LogP contribution in [-0.2, 0) is 4.74 Å². The van der Waals surface area contributed by atoms with Crippen molar-refractivity contribution in [3.05, 3.63) is 11.6 Å². The molecule has 1 atom stereocenters. The van der Waals surface area contributed by atoms with Crippen molar-refractivity contribution in [2.24, 2.45) is 0 Å². The molecule has 1 N–H and O–H groups in total. The second kappa shape index (κ2) is 7.89. The van der Waals surface area contributed by atoms with Crippen LogP contribution in [0.2, 0.25) is 0 Å². The molecule has 2 heteroatoms. The fourth-order valence-electron chi connectivity index (χ4n) is 2.22. The number of rotatable bonds is 6. The van der Waals surface area contributed by atoms with Gasteiger partial charge in [0.15, 0.2) is 0 Å². The van der Waals surface area contributed by atoms with Crippen molar-refractivity contribution in [2.45, 2.75) is 51.5 Å². The van der Waals surface area contributed by atoms with E-state index in [1.807, 2.05) is 0 Å². The maximum absolute atomic E-state index is 5.42. The molecule has 1 aliphatic carbocycles. The molecule has 1 aliphatic rings. The van der Waals surface area contributed by atoms with Gasteiger partial charge >= 0.3 is 0 Å². The average Bonchev–Trinajstić information content (AvgIpc) is 2.53. The topological polar surface area (TPSA) is 21.3 Å². The number of hydrogen-bond donors (Lipinski definition) is 1. The molecule has 0 saturated carbocycles. The van der Waals surface area contributed by atoms with Crippen molar-refractivity contribution in [2.75, 3.05) is 20.3 Å². The SMILES string of the molecule is CCOCCC(NC)C1=CCCCCC1. The minimum Gasteiger partial charge on any atom is -0.382 e. The molecule has 0 aromatic rings. The molecule has 0 amide bonds. The van der Waals surface area contributed by atoms with E-state index in [-0.39, 0.29) is 0 Å². The summed E-state index contributed by atoms with van der Waals surface area (Å²) in [6.45, 7) is 3.76. The van der Waals surface area contributed by atoms with Gasteiger partial charge in [-0.05, 0) is 46.1 Å². The molecule has 0 spiro atoms. The summed E-state index contributed by atoms with van der Waals surface area (Å²) in [4.78, 5) is 0. The number of hydrogen-bond acceptors (Lipinski definition) is 2. The standard InChI is InChI=1S/C13H25NO/c1-3-15-11-10-13(14-2)12-8-6-4-5-7-9-12/h8,13-14H,3-7,9-11H2,1-2H3. The van der Waals surface area contributed by atoms with E-state index in [2.05, 4.69) is 25.4 Å². The minimum absolute atomic E-state index is 0.537. The second-order valence-electron chi connectivity index (χ2n) is 4.21. The predicted molar refractivity (Wildman–Crippen MR) is 65.1 cm³/mol. The van der Waals surface area contributed by atoms with Gasteiger partial charge in [-0.1, -0.05) is 18.1 Å². The van der Waals surface area contributed by atoms with Crippen LogP contribution in [0.25, 0.3) is 0 Å². The van der Waals surface area contributed by atoms with E-state index >= 15 is 0 Å². The molecule has 0 saturated heterocycles. The maximum Gasteiger partial charge on any atom is 0.0483 e. The van der Waals surface area contributed by atoms with E-state index in [1.54, 1.807) is 5.57 Å². The summed E-state index contributed by atoms with van der Waals surface area (Å²) in [6, 6.07) is 0.537. The Hall–Kier alpha value is -0.340. The van der Waals surface area contributed by atoms with Crippen molar-refractivity contribution in [3.63, 3.8) is 0 Å². The highest BCUT2D eigenvalue weighted by molar-refractivity contribution is 5.11. The Balaban J connectivity index is 2.37. The summed E-state index contributed by atoms with van der Waals surface area (Å²) in [6.07, 6.45) is 10.2. The van der Waals surface area contributed by atoms with Gasteiger partial charge in [0, 0.05) is 19.3 Å². The number of allylic oxidation sites excluding steroid dienone is 1. The van der Waals surface area contributed by atoms with E-state index in [1.165, 1.54) is 32.1 Å². The number of likely N-dealkylation sites (N-methyl/N-ethyl adjacent to an activating group) is 1. The zero-order chi connectivity index (χ0) is 10.9. The van der Waals surface area contributed by atoms with E-state index in [9.17, 15) is 0 Å². The van der Waals surface area contributed by atoms with E-state index in [4.69, 9.17) is 4.74 Å². The molecule has 1 unspecified atom stereocenters. The lowest BCUT2D eigenvalue weighted by Crippen LogP contribution is -2.28. The maximum atomic E-state index is 5.42. The van der Waals surface area contributed by atoms with Crippen molar-refractivity contribution < 1.29 is 4.74 Å². The van der Waals surface area contributed by atoms with Crippen LogP contribution in [0.3, 0.4) is 0 Å². The van der Waals surface area contributed by atoms with Gasteiger partial charge in [0.25, 0.3) is 0 Å². The van der Waals surface area contributed by atoms with Gasteiger partial charge in [-0.2, -0.15) is 0 Å². The fourth-order valence-corrected chi connectivity index (χ4v) is 2.22. The molecular weight excluding hydrogens is 186 g/mol. The third kappa shape index (κ3) is 4.80. The zero-order valence-corrected chi connectivity index (χ0v) is 10.2. The van der Waals surface area contributed by atoms with Crippen LogP contribution in [0.4, 0.5) is 0 Å². The molecule has 1 rings (SSSR count). The first kappa shape index (κ1) is 12.7. The van der Waals surface area contributed by atoms with Crippen molar-refractivity contribution >= 4 is 0 Å². The molecule has 0 fully saturated rings. The highest BCUT2D eigenvalue weighted by Gasteiger charge is 2.13. The Bertz CT molecular complexity index is 189. The summed E-state index contributed by atoms with van der Waals surface area (Å²) in [5.74, 6) is 0.